The van der Waals surface area contributed by atoms with Crippen LogP contribution in [0.5, 0.6) is 11.5 Å². The standard InChI is InChI=1S/C24H19N3O6S.Na/c1-33-21-12-5-4-11-20(21)25-24(29)19-13-15-7-2-3-10-18(15)22(23(19)28)27-26-16-8-6-9-17(14-16)34(30,31)32;/h2-14,28H,1H3,(H,25,29)(H,30,31,32);. The minimum absolute atomic E-state index is 0. The minimum atomic E-state index is -4.42. The van der Waals surface area contributed by atoms with Crippen molar-refractivity contribution >= 4 is 73.4 Å². The first-order valence-corrected chi connectivity index (χ1v) is 11.4. The Morgan fingerprint density at radius 3 is 2.40 bits per heavy atom. The molecule has 0 spiro atoms. The Morgan fingerprint density at radius 1 is 0.943 bits per heavy atom. The molecule has 4 aromatic rings. The molecule has 0 unspecified atom stereocenters. The van der Waals surface area contributed by atoms with Crippen molar-refractivity contribution in [3.63, 3.8) is 0 Å². The van der Waals surface area contributed by atoms with Gasteiger partial charge in [0.1, 0.15) is 11.4 Å². The fourth-order valence-corrected chi connectivity index (χ4v) is 3.86. The summed E-state index contributed by atoms with van der Waals surface area (Å²) >= 11 is 0. The Labute approximate surface area is 223 Å². The van der Waals surface area contributed by atoms with Crippen molar-refractivity contribution in [3.8, 4) is 11.5 Å². The molecule has 173 valence electrons. The molecule has 0 saturated carbocycles. The van der Waals surface area contributed by atoms with Gasteiger partial charge in [-0.15, -0.1) is 5.11 Å². The molecule has 0 aliphatic heterocycles. The normalized spacial score (nSPS) is 11.3. The Bertz CT molecular complexity index is 1540. The number of fused-ring (bicyclic) bond motifs is 1. The number of aromatic hydroxyl groups is 1. The summed E-state index contributed by atoms with van der Waals surface area (Å²) in [4.78, 5) is 12.7. The van der Waals surface area contributed by atoms with Crippen LogP contribution in [0.2, 0.25) is 0 Å². The molecule has 1 radical (unpaired) electrons. The van der Waals surface area contributed by atoms with Crippen LogP contribution in [0.25, 0.3) is 10.8 Å². The first kappa shape index (κ1) is 26.3. The quantitative estimate of drug-likeness (QED) is 0.192. The second kappa shape index (κ2) is 11.0. The zero-order valence-electron chi connectivity index (χ0n) is 18.8. The van der Waals surface area contributed by atoms with Crippen molar-refractivity contribution in [2.45, 2.75) is 4.90 Å². The molecule has 0 bridgehead atoms. The van der Waals surface area contributed by atoms with Gasteiger partial charge in [0.25, 0.3) is 16.0 Å². The van der Waals surface area contributed by atoms with Gasteiger partial charge in [0.2, 0.25) is 0 Å². The van der Waals surface area contributed by atoms with E-state index >= 15 is 0 Å². The van der Waals surface area contributed by atoms with Crippen molar-refractivity contribution in [1.29, 1.82) is 0 Å². The summed E-state index contributed by atoms with van der Waals surface area (Å²) in [5, 5.41) is 22.9. The van der Waals surface area contributed by atoms with Gasteiger partial charge in [-0.1, -0.05) is 42.5 Å². The van der Waals surface area contributed by atoms with E-state index in [2.05, 4.69) is 15.5 Å². The van der Waals surface area contributed by atoms with Gasteiger partial charge in [-0.05, 0) is 41.8 Å². The molecule has 11 heteroatoms. The summed E-state index contributed by atoms with van der Waals surface area (Å²) < 4.78 is 37.3. The van der Waals surface area contributed by atoms with Crippen molar-refractivity contribution in [1.82, 2.24) is 0 Å². The number of nitrogens with zero attached hydrogens (tertiary/aromatic N) is 2. The van der Waals surface area contributed by atoms with E-state index in [-0.39, 0.29) is 51.4 Å². The average molecular weight is 500 g/mol. The molecule has 0 aliphatic rings. The van der Waals surface area contributed by atoms with Gasteiger partial charge in [-0.2, -0.15) is 13.5 Å². The second-order valence-electron chi connectivity index (χ2n) is 7.17. The number of para-hydroxylation sites is 2. The van der Waals surface area contributed by atoms with Crippen LogP contribution in [0.15, 0.2) is 94.0 Å². The van der Waals surface area contributed by atoms with E-state index in [4.69, 9.17) is 4.74 Å². The van der Waals surface area contributed by atoms with Crippen molar-refractivity contribution in [2.75, 3.05) is 12.4 Å². The fraction of sp³-hybridized carbons (Fsp3) is 0.0417. The molecule has 35 heavy (non-hydrogen) atoms. The second-order valence-corrected chi connectivity index (χ2v) is 8.59. The molecule has 0 aliphatic carbocycles. The van der Waals surface area contributed by atoms with Gasteiger partial charge in [0.15, 0.2) is 5.75 Å². The molecular weight excluding hydrogens is 481 g/mol. The van der Waals surface area contributed by atoms with E-state index in [1.165, 1.54) is 31.4 Å². The number of phenols is 1. The van der Waals surface area contributed by atoms with E-state index in [1.807, 2.05) is 0 Å². The maximum Gasteiger partial charge on any atom is 0.294 e. The van der Waals surface area contributed by atoms with Gasteiger partial charge in [-0.25, -0.2) is 0 Å². The summed E-state index contributed by atoms with van der Waals surface area (Å²) in [6, 6.07) is 20.6. The zero-order valence-corrected chi connectivity index (χ0v) is 21.7. The van der Waals surface area contributed by atoms with Crippen LogP contribution in [0.1, 0.15) is 10.4 Å². The van der Waals surface area contributed by atoms with E-state index < -0.39 is 21.8 Å². The Kier molecular flexibility index (Phi) is 8.26. The summed E-state index contributed by atoms with van der Waals surface area (Å²) in [5.74, 6) is -0.534. The van der Waals surface area contributed by atoms with Crippen LogP contribution >= 0.6 is 0 Å². The zero-order chi connectivity index (χ0) is 24.3. The molecule has 1 amide bonds. The topological polar surface area (TPSA) is 138 Å². The third-order valence-corrected chi connectivity index (χ3v) is 5.83. The summed E-state index contributed by atoms with van der Waals surface area (Å²) in [7, 11) is -2.94. The van der Waals surface area contributed by atoms with Crippen molar-refractivity contribution in [3.05, 3.63) is 84.4 Å². The molecule has 9 nitrogen and oxygen atoms in total. The number of azo groups is 1. The van der Waals surface area contributed by atoms with Crippen LogP contribution < -0.4 is 10.1 Å². The number of amides is 1. The van der Waals surface area contributed by atoms with Crippen LogP contribution in [0, 0.1) is 0 Å². The van der Waals surface area contributed by atoms with E-state index in [1.54, 1.807) is 48.5 Å². The molecule has 0 atom stereocenters. The smallest absolute Gasteiger partial charge is 0.294 e. The number of hydrogen-bond acceptors (Lipinski definition) is 7. The van der Waals surface area contributed by atoms with E-state index in [9.17, 15) is 22.9 Å². The summed E-state index contributed by atoms with van der Waals surface area (Å²) in [6.07, 6.45) is 0. The number of carbonyl (C=O) groups is 1. The molecule has 0 saturated heterocycles. The van der Waals surface area contributed by atoms with Gasteiger partial charge < -0.3 is 15.2 Å². The Morgan fingerprint density at radius 2 is 1.66 bits per heavy atom. The van der Waals surface area contributed by atoms with Crippen LogP contribution in [0.3, 0.4) is 0 Å². The number of benzene rings is 4. The predicted molar refractivity (Wildman–Crippen MR) is 133 cm³/mol. The summed E-state index contributed by atoms with van der Waals surface area (Å²) in [5.41, 5.74) is 0.543. The molecule has 0 fully saturated rings. The number of hydrogen-bond donors (Lipinski definition) is 3. The van der Waals surface area contributed by atoms with Crippen molar-refractivity contribution < 1.29 is 27.6 Å². The van der Waals surface area contributed by atoms with Crippen LogP contribution in [-0.4, -0.2) is 60.7 Å². The molecule has 0 aromatic heterocycles. The number of phenolic OH excluding ortho intramolecular Hbond substituents is 1. The monoisotopic (exact) mass is 500 g/mol. The number of anilines is 1. The van der Waals surface area contributed by atoms with Crippen LogP contribution in [-0.2, 0) is 10.1 Å². The third kappa shape index (κ3) is 5.87. The van der Waals surface area contributed by atoms with E-state index in [0.29, 0.717) is 22.2 Å². The van der Waals surface area contributed by atoms with Gasteiger partial charge >= 0.3 is 0 Å². The largest absolute Gasteiger partial charge is 0.505 e. The Hall–Kier alpha value is -3.28. The van der Waals surface area contributed by atoms with Gasteiger partial charge in [-0.3, -0.25) is 9.35 Å². The number of nitrogens with one attached hydrogen (secondary N) is 1. The molecule has 4 rings (SSSR count). The molecule has 0 heterocycles. The SMILES string of the molecule is COc1ccccc1NC(=O)c1cc2ccccc2c(N=Nc2cccc(S(=O)(=O)O)c2)c1O.[Na]. The number of rotatable bonds is 6. The Balaban J connectivity index is 0.00000342. The number of carbonyl (C=O) groups excluding carboxylic acids is 1. The first-order valence-electron chi connectivity index (χ1n) is 9.96. The number of ether oxygens (including phenoxy) is 1. The maximum absolute atomic E-state index is 13.0. The summed E-state index contributed by atoms with van der Waals surface area (Å²) in [6.45, 7) is 0. The van der Waals surface area contributed by atoms with Gasteiger partial charge in [0.05, 0.1) is 28.9 Å². The first-order chi connectivity index (χ1) is 16.3. The molecular formula is C24H19N3NaO6S. The number of methoxy groups -OCH3 is 1. The van der Waals surface area contributed by atoms with Crippen molar-refractivity contribution in [2.24, 2.45) is 10.2 Å². The average Bonchev–Trinajstić information content (AvgIpc) is 2.83. The molecule has 4 aromatic carbocycles. The van der Waals surface area contributed by atoms with E-state index in [0.717, 1.165) is 6.07 Å². The fourth-order valence-electron chi connectivity index (χ4n) is 3.34. The van der Waals surface area contributed by atoms with Crippen LogP contribution in [0.4, 0.5) is 17.1 Å². The molecule has 3 N–H and O–H groups in total. The minimum Gasteiger partial charge on any atom is -0.505 e. The maximum atomic E-state index is 13.0. The third-order valence-electron chi connectivity index (χ3n) is 4.98. The predicted octanol–water partition coefficient (Wildman–Crippen LogP) is 5.09. The van der Waals surface area contributed by atoms with Gasteiger partial charge in [0, 0.05) is 34.9 Å².